The standard InChI is InChI=1S/C14H24N2O3S.ClH/c1-4-14(15,5-2)11-16-20(17,18)13-8-6-7-12(9-13)10-19-3;/h6-9,16H,4-5,10-11,15H2,1-3H3;1H. The van der Waals surface area contributed by atoms with Gasteiger partial charge in [0.05, 0.1) is 11.5 Å². The maximum atomic E-state index is 12.3. The van der Waals surface area contributed by atoms with Crippen LogP contribution in [0, 0.1) is 0 Å². The first kappa shape index (κ1) is 20.3. The summed E-state index contributed by atoms with van der Waals surface area (Å²) in [7, 11) is -1.97. The van der Waals surface area contributed by atoms with E-state index in [0.29, 0.717) is 6.61 Å². The molecule has 0 aliphatic heterocycles. The molecule has 5 nitrogen and oxygen atoms in total. The van der Waals surface area contributed by atoms with Crippen molar-refractivity contribution >= 4 is 22.4 Å². The van der Waals surface area contributed by atoms with Crippen LogP contribution in [0.2, 0.25) is 0 Å². The van der Waals surface area contributed by atoms with Gasteiger partial charge < -0.3 is 10.5 Å². The number of halogens is 1. The molecule has 0 amide bonds. The number of rotatable bonds is 8. The predicted molar refractivity (Wildman–Crippen MR) is 87.1 cm³/mol. The molecule has 0 radical (unpaired) electrons. The van der Waals surface area contributed by atoms with Gasteiger partial charge in [-0.2, -0.15) is 0 Å². The molecular weight excluding hydrogens is 312 g/mol. The lowest BCUT2D eigenvalue weighted by atomic mass is 9.95. The number of ether oxygens (including phenoxy) is 1. The van der Waals surface area contributed by atoms with Gasteiger partial charge in [-0.15, -0.1) is 12.4 Å². The van der Waals surface area contributed by atoms with E-state index in [-0.39, 0.29) is 23.8 Å². The molecule has 0 unspecified atom stereocenters. The highest BCUT2D eigenvalue weighted by Gasteiger charge is 2.24. The maximum Gasteiger partial charge on any atom is 0.240 e. The van der Waals surface area contributed by atoms with Crippen molar-refractivity contribution in [2.75, 3.05) is 13.7 Å². The molecule has 0 aliphatic carbocycles. The van der Waals surface area contributed by atoms with E-state index in [9.17, 15) is 8.42 Å². The summed E-state index contributed by atoms with van der Waals surface area (Å²) in [5.74, 6) is 0. The minimum Gasteiger partial charge on any atom is -0.380 e. The summed E-state index contributed by atoms with van der Waals surface area (Å²) in [4.78, 5) is 0.238. The van der Waals surface area contributed by atoms with E-state index in [1.807, 2.05) is 19.9 Å². The van der Waals surface area contributed by atoms with Gasteiger partial charge in [-0.3, -0.25) is 0 Å². The second-order valence-electron chi connectivity index (χ2n) is 4.97. The number of methoxy groups -OCH3 is 1. The average molecular weight is 337 g/mol. The van der Waals surface area contributed by atoms with Crippen LogP contribution in [0.5, 0.6) is 0 Å². The van der Waals surface area contributed by atoms with Gasteiger partial charge >= 0.3 is 0 Å². The summed E-state index contributed by atoms with van der Waals surface area (Å²) in [5.41, 5.74) is 6.43. The van der Waals surface area contributed by atoms with Crippen LogP contribution in [0.25, 0.3) is 0 Å². The van der Waals surface area contributed by atoms with Crippen LogP contribution in [0.1, 0.15) is 32.3 Å². The van der Waals surface area contributed by atoms with Crippen LogP contribution in [0.3, 0.4) is 0 Å². The number of sulfonamides is 1. The summed E-state index contributed by atoms with van der Waals surface area (Å²) in [6.07, 6.45) is 1.44. The van der Waals surface area contributed by atoms with Gasteiger partial charge in [0.15, 0.2) is 0 Å². The molecule has 7 heteroatoms. The van der Waals surface area contributed by atoms with Crippen molar-refractivity contribution in [1.82, 2.24) is 4.72 Å². The topological polar surface area (TPSA) is 81.4 Å². The average Bonchev–Trinajstić information content (AvgIpc) is 2.45. The Morgan fingerprint density at radius 1 is 1.29 bits per heavy atom. The molecule has 1 aromatic rings. The van der Waals surface area contributed by atoms with E-state index in [4.69, 9.17) is 10.5 Å². The molecule has 1 rings (SSSR count). The van der Waals surface area contributed by atoms with E-state index in [2.05, 4.69) is 4.72 Å². The van der Waals surface area contributed by atoms with Crippen LogP contribution < -0.4 is 10.5 Å². The highest BCUT2D eigenvalue weighted by molar-refractivity contribution is 7.89. The Labute approximate surface area is 133 Å². The van der Waals surface area contributed by atoms with E-state index in [1.165, 1.54) is 0 Å². The third kappa shape index (κ3) is 5.92. The van der Waals surface area contributed by atoms with Gasteiger partial charge in [-0.1, -0.05) is 26.0 Å². The Morgan fingerprint density at radius 2 is 1.90 bits per heavy atom. The first-order valence-electron chi connectivity index (χ1n) is 6.73. The molecule has 0 spiro atoms. The van der Waals surface area contributed by atoms with Crippen molar-refractivity contribution in [3.05, 3.63) is 29.8 Å². The molecule has 0 bridgehead atoms. The number of nitrogens with two attached hydrogens (primary N) is 1. The van der Waals surface area contributed by atoms with Crippen molar-refractivity contribution in [2.24, 2.45) is 5.73 Å². The van der Waals surface area contributed by atoms with Gasteiger partial charge in [0, 0.05) is 19.2 Å². The smallest absolute Gasteiger partial charge is 0.240 e. The first-order chi connectivity index (χ1) is 9.37. The summed E-state index contributed by atoms with van der Waals surface area (Å²) in [5, 5.41) is 0. The first-order valence-corrected chi connectivity index (χ1v) is 8.21. The highest BCUT2D eigenvalue weighted by Crippen LogP contribution is 2.15. The molecule has 0 aromatic heterocycles. The predicted octanol–water partition coefficient (Wildman–Crippen LogP) is 2.05. The molecule has 1 aromatic carbocycles. The molecule has 0 fully saturated rings. The number of hydrogen-bond donors (Lipinski definition) is 2. The Morgan fingerprint density at radius 3 is 2.43 bits per heavy atom. The van der Waals surface area contributed by atoms with Crippen molar-refractivity contribution < 1.29 is 13.2 Å². The van der Waals surface area contributed by atoms with Crippen molar-refractivity contribution in [1.29, 1.82) is 0 Å². The van der Waals surface area contributed by atoms with E-state index >= 15 is 0 Å². The Bertz CT molecular complexity index is 531. The fraction of sp³-hybridized carbons (Fsp3) is 0.571. The zero-order chi connectivity index (χ0) is 15.2. The Hall–Kier alpha value is -0.660. The summed E-state index contributed by atoms with van der Waals surface area (Å²) >= 11 is 0. The number of nitrogens with one attached hydrogen (secondary N) is 1. The minimum atomic E-state index is -3.54. The monoisotopic (exact) mass is 336 g/mol. The summed E-state index contributed by atoms with van der Waals surface area (Å²) in [6, 6.07) is 6.71. The number of benzene rings is 1. The third-order valence-electron chi connectivity index (χ3n) is 3.54. The molecule has 122 valence electrons. The molecule has 3 N–H and O–H groups in total. The lowest BCUT2D eigenvalue weighted by Gasteiger charge is -2.26. The van der Waals surface area contributed by atoms with E-state index < -0.39 is 15.6 Å². The maximum absolute atomic E-state index is 12.3. The Kier molecular flexibility index (Phi) is 8.43. The van der Waals surface area contributed by atoms with Gasteiger partial charge in [-0.05, 0) is 30.5 Å². The fourth-order valence-electron chi connectivity index (χ4n) is 1.79. The second kappa shape index (κ2) is 8.70. The number of hydrogen-bond acceptors (Lipinski definition) is 4. The summed E-state index contributed by atoms with van der Waals surface area (Å²) < 4.78 is 32.1. The lowest BCUT2D eigenvalue weighted by molar-refractivity contribution is 0.184. The molecule has 0 saturated heterocycles. The molecule has 0 heterocycles. The normalized spacial score (nSPS) is 12.0. The largest absolute Gasteiger partial charge is 0.380 e. The van der Waals surface area contributed by atoms with Gasteiger partial charge in [0.25, 0.3) is 0 Å². The van der Waals surface area contributed by atoms with Gasteiger partial charge in [0.2, 0.25) is 10.0 Å². The second-order valence-corrected chi connectivity index (χ2v) is 6.74. The van der Waals surface area contributed by atoms with E-state index in [0.717, 1.165) is 18.4 Å². The van der Waals surface area contributed by atoms with Gasteiger partial charge in [0.1, 0.15) is 0 Å². The van der Waals surface area contributed by atoms with Crippen LogP contribution >= 0.6 is 12.4 Å². The molecule has 0 atom stereocenters. The molecule has 0 saturated carbocycles. The van der Waals surface area contributed by atoms with Crippen LogP contribution in [0.15, 0.2) is 29.2 Å². The van der Waals surface area contributed by atoms with Crippen molar-refractivity contribution in [2.45, 2.75) is 43.7 Å². The zero-order valence-corrected chi connectivity index (χ0v) is 14.4. The fourth-order valence-corrected chi connectivity index (χ4v) is 3.00. The molecule has 21 heavy (non-hydrogen) atoms. The Balaban J connectivity index is 0.00000400. The quantitative estimate of drug-likeness (QED) is 0.761. The van der Waals surface area contributed by atoms with Gasteiger partial charge in [-0.25, -0.2) is 13.1 Å². The molecular formula is C14H25ClN2O3S. The summed E-state index contributed by atoms with van der Waals surface area (Å²) in [6.45, 7) is 4.53. The highest BCUT2D eigenvalue weighted by atomic mass is 35.5. The zero-order valence-electron chi connectivity index (χ0n) is 12.8. The SMILES string of the molecule is CCC(N)(CC)CNS(=O)(=O)c1cccc(COC)c1.Cl. The van der Waals surface area contributed by atoms with Crippen LogP contribution in [-0.4, -0.2) is 27.6 Å². The third-order valence-corrected chi connectivity index (χ3v) is 4.94. The van der Waals surface area contributed by atoms with Crippen molar-refractivity contribution in [3.8, 4) is 0 Å². The van der Waals surface area contributed by atoms with E-state index in [1.54, 1.807) is 25.3 Å². The molecule has 0 aliphatic rings. The van der Waals surface area contributed by atoms with Crippen LogP contribution in [-0.2, 0) is 21.4 Å². The minimum absolute atomic E-state index is 0. The van der Waals surface area contributed by atoms with Crippen LogP contribution in [0.4, 0.5) is 0 Å². The van der Waals surface area contributed by atoms with Crippen molar-refractivity contribution in [3.63, 3.8) is 0 Å². The lowest BCUT2D eigenvalue weighted by Crippen LogP contribution is -2.49.